The zero-order valence-corrected chi connectivity index (χ0v) is 15.0. The van der Waals surface area contributed by atoms with Gasteiger partial charge in [-0.1, -0.05) is 35.5 Å². The van der Waals surface area contributed by atoms with Crippen LogP contribution in [0.15, 0.2) is 48.5 Å². The lowest BCUT2D eigenvalue weighted by Crippen LogP contribution is -2.38. The molecule has 0 saturated heterocycles. The standard InChI is InChI=1S/C20H21N5O2/c26-19(14-25-18-10-4-2-8-16(18)22-23-25)21-12-11-20(27)24-13-5-7-15-6-1-3-9-17(15)24/h1-4,6,8-10H,5,7,11-14H2,(H,21,26). The number of carbonyl (C=O) groups excluding carboxylic acids is 2. The number of nitrogens with zero attached hydrogens (tertiary/aromatic N) is 4. The molecule has 1 N–H and O–H groups in total. The van der Waals surface area contributed by atoms with Gasteiger partial charge in [0.05, 0.1) is 5.52 Å². The van der Waals surface area contributed by atoms with Gasteiger partial charge in [-0.2, -0.15) is 0 Å². The highest BCUT2D eigenvalue weighted by atomic mass is 16.2. The first kappa shape index (κ1) is 17.2. The molecule has 1 aromatic heterocycles. The van der Waals surface area contributed by atoms with E-state index in [1.807, 2.05) is 47.4 Å². The summed E-state index contributed by atoms with van der Waals surface area (Å²) in [5, 5.41) is 10.8. The summed E-state index contributed by atoms with van der Waals surface area (Å²) in [4.78, 5) is 26.6. The van der Waals surface area contributed by atoms with Crippen molar-refractivity contribution >= 4 is 28.5 Å². The first-order valence-corrected chi connectivity index (χ1v) is 9.15. The van der Waals surface area contributed by atoms with Crippen LogP contribution in [0.3, 0.4) is 0 Å². The molecular weight excluding hydrogens is 342 g/mol. The molecule has 0 atom stereocenters. The van der Waals surface area contributed by atoms with Gasteiger partial charge >= 0.3 is 0 Å². The number of para-hydroxylation sites is 2. The van der Waals surface area contributed by atoms with Crippen molar-refractivity contribution in [1.29, 1.82) is 0 Å². The van der Waals surface area contributed by atoms with Crippen molar-refractivity contribution in [2.24, 2.45) is 0 Å². The molecule has 0 aliphatic carbocycles. The van der Waals surface area contributed by atoms with Gasteiger partial charge in [-0.25, -0.2) is 4.68 Å². The predicted molar refractivity (Wildman–Crippen MR) is 102 cm³/mol. The van der Waals surface area contributed by atoms with Crippen LogP contribution in [0.25, 0.3) is 11.0 Å². The van der Waals surface area contributed by atoms with Crippen LogP contribution in [-0.2, 0) is 22.6 Å². The van der Waals surface area contributed by atoms with Crippen molar-refractivity contribution in [2.45, 2.75) is 25.8 Å². The molecule has 1 aliphatic rings. The number of anilines is 1. The highest BCUT2D eigenvalue weighted by Crippen LogP contribution is 2.27. The Morgan fingerprint density at radius 1 is 1.07 bits per heavy atom. The van der Waals surface area contributed by atoms with E-state index < -0.39 is 0 Å². The van der Waals surface area contributed by atoms with Crippen molar-refractivity contribution in [3.8, 4) is 0 Å². The third kappa shape index (κ3) is 3.67. The molecule has 0 bridgehead atoms. The van der Waals surface area contributed by atoms with E-state index >= 15 is 0 Å². The topological polar surface area (TPSA) is 80.1 Å². The second kappa shape index (κ2) is 7.57. The molecule has 4 rings (SSSR count). The molecule has 7 nitrogen and oxygen atoms in total. The van der Waals surface area contributed by atoms with Crippen molar-refractivity contribution in [3.63, 3.8) is 0 Å². The Bertz CT molecular complexity index is 981. The third-order valence-corrected chi connectivity index (χ3v) is 4.79. The molecule has 138 valence electrons. The molecule has 0 spiro atoms. The summed E-state index contributed by atoms with van der Waals surface area (Å²) in [6, 6.07) is 15.5. The lowest BCUT2D eigenvalue weighted by molar-refractivity contribution is -0.122. The fourth-order valence-electron chi connectivity index (χ4n) is 3.46. The van der Waals surface area contributed by atoms with E-state index in [9.17, 15) is 9.59 Å². The molecule has 0 unspecified atom stereocenters. The minimum atomic E-state index is -0.183. The number of benzene rings is 2. The Kier molecular flexibility index (Phi) is 4.82. The SMILES string of the molecule is O=C(Cn1nnc2ccccc21)NCCC(=O)N1CCCc2ccccc21. The van der Waals surface area contributed by atoms with Gasteiger partial charge in [0.25, 0.3) is 0 Å². The van der Waals surface area contributed by atoms with E-state index in [1.165, 1.54) is 5.56 Å². The van der Waals surface area contributed by atoms with Crippen LogP contribution in [0.4, 0.5) is 5.69 Å². The number of nitrogens with one attached hydrogen (secondary N) is 1. The second-order valence-corrected chi connectivity index (χ2v) is 6.61. The molecule has 0 saturated carbocycles. The third-order valence-electron chi connectivity index (χ3n) is 4.79. The maximum Gasteiger partial charge on any atom is 0.241 e. The van der Waals surface area contributed by atoms with Crippen LogP contribution < -0.4 is 10.2 Å². The van der Waals surface area contributed by atoms with Gasteiger partial charge in [0, 0.05) is 25.2 Å². The quantitative estimate of drug-likeness (QED) is 0.751. The first-order chi connectivity index (χ1) is 13.2. The van der Waals surface area contributed by atoms with E-state index in [1.54, 1.807) is 4.68 Å². The van der Waals surface area contributed by atoms with Gasteiger partial charge in [0.2, 0.25) is 11.8 Å². The normalized spacial score (nSPS) is 13.4. The lowest BCUT2D eigenvalue weighted by Gasteiger charge is -2.29. The summed E-state index contributed by atoms with van der Waals surface area (Å²) in [6.07, 6.45) is 2.25. The number of hydrogen-bond acceptors (Lipinski definition) is 4. The molecule has 0 fully saturated rings. The van der Waals surface area contributed by atoms with Crippen LogP contribution >= 0.6 is 0 Å². The maximum absolute atomic E-state index is 12.6. The molecule has 3 aromatic rings. The molecule has 27 heavy (non-hydrogen) atoms. The van der Waals surface area contributed by atoms with Crippen LogP contribution in [0.5, 0.6) is 0 Å². The van der Waals surface area contributed by atoms with Gasteiger partial charge in [-0.15, -0.1) is 5.10 Å². The smallest absolute Gasteiger partial charge is 0.241 e. The number of aromatic nitrogens is 3. The Balaban J connectivity index is 1.31. The zero-order valence-electron chi connectivity index (χ0n) is 15.0. The molecule has 2 aromatic carbocycles. The predicted octanol–water partition coefficient (Wildman–Crippen LogP) is 1.92. The fourth-order valence-corrected chi connectivity index (χ4v) is 3.46. The fraction of sp³-hybridized carbons (Fsp3) is 0.300. The number of rotatable bonds is 5. The second-order valence-electron chi connectivity index (χ2n) is 6.61. The molecule has 0 radical (unpaired) electrons. The van der Waals surface area contributed by atoms with E-state index in [0.29, 0.717) is 6.54 Å². The van der Waals surface area contributed by atoms with Crippen LogP contribution in [-0.4, -0.2) is 39.9 Å². The van der Waals surface area contributed by atoms with Crippen LogP contribution in [0.2, 0.25) is 0 Å². The Morgan fingerprint density at radius 2 is 1.89 bits per heavy atom. The lowest BCUT2D eigenvalue weighted by atomic mass is 10.0. The van der Waals surface area contributed by atoms with Crippen molar-refractivity contribution in [2.75, 3.05) is 18.0 Å². The van der Waals surface area contributed by atoms with Gasteiger partial charge in [-0.3, -0.25) is 9.59 Å². The summed E-state index contributed by atoms with van der Waals surface area (Å²) in [6.45, 7) is 1.12. The summed E-state index contributed by atoms with van der Waals surface area (Å²) < 4.78 is 1.56. The van der Waals surface area contributed by atoms with Gasteiger partial charge in [0.1, 0.15) is 12.1 Å². The first-order valence-electron chi connectivity index (χ1n) is 9.15. The maximum atomic E-state index is 12.6. The van der Waals surface area contributed by atoms with Gasteiger partial charge < -0.3 is 10.2 Å². The highest BCUT2D eigenvalue weighted by Gasteiger charge is 2.21. The van der Waals surface area contributed by atoms with Crippen molar-refractivity contribution in [1.82, 2.24) is 20.3 Å². The van der Waals surface area contributed by atoms with Crippen LogP contribution in [0, 0.1) is 0 Å². The minimum Gasteiger partial charge on any atom is -0.354 e. The molecule has 2 heterocycles. The summed E-state index contributed by atoms with van der Waals surface area (Å²) in [7, 11) is 0. The van der Waals surface area contributed by atoms with Crippen molar-refractivity contribution in [3.05, 3.63) is 54.1 Å². The summed E-state index contributed by atoms with van der Waals surface area (Å²) >= 11 is 0. The summed E-state index contributed by atoms with van der Waals surface area (Å²) in [5.74, 6) is -0.147. The summed E-state index contributed by atoms with van der Waals surface area (Å²) in [5.41, 5.74) is 3.77. The average Bonchev–Trinajstić information content (AvgIpc) is 3.10. The average molecular weight is 363 g/mol. The number of hydrogen-bond donors (Lipinski definition) is 1. The number of amides is 2. The van der Waals surface area contributed by atoms with Gasteiger partial charge in [-0.05, 0) is 36.6 Å². The molecule has 7 heteroatoms. The monoisotopic (exact) mass is 363 g/mol. The Morgan fingerprint density at radius 3 is 2.81 bits per heavy atom. The highest BCUT2D eigenvalue weighted by molar-refractivity contribution is 5.95. The Hall–Kier alpha value is -3.22. The van der Waals surface area contributed by atoms with E-state index in [2.05, 4.69) is 21.7 Å². The number of fused-ring (bicyclic) bond motifs is 2. The zero-order chi connectivity index (χ0) is 18.6. The van der Waals surface area contributed by atoms with Crippen LogP contribution in [0.1, 0.15) is 18.4 Å². The largest absolute Gasteiger partial charge is 0.354 e. The van der Waals surface area contributed by atoms with Gasteiger partial charge in [0.15, 0.2) is 0 Å². The minimum absolute atomic E-state index is 0.0358. The molecule has 2 amide bonds. The van der Waals surface area contributed by atoms with Crippen molar-refractivity contribution < 1.29 is 9.59 Å². The number of carbonyl (C=O) groups is 2. The molecule has 1 aliphatic heterocycles. The van der Waals surface area contributed by atoms with E-state index in [4.69, 9.17) is 0 Å². The Labute approximate surface area is 157 Å². The van der Waals surface area contributed by atoms with E-state index in [0.717, 1.165) is 36.1 Å². The number of aryl methyl sites for hydroxylation is 1. The van der Waals surface area contributed by atoms with E-state index in [-0.39, 0.29) is 24.8 Å². The molecular formula is C20H21N5O2.